The minimum absolute atomic E-state index is 0.392. The van der Waals surface area contributed by atoms with Crippen LogP contribution in [0.1, 0.15) is 45.2 Å². The van der Waals surface area contributed by atoms with E-state index in [1.807, 2.05) is 46.8 Å². The lowest BCUT2D eigenvalue weighted by Gasteiger charge is -2.20. The number of rotatable bonds is 5. The second kappa shape index (κ2) is 7.16. The van der Waals surface area contributed by atoms with Crippen LogP contribution in [0.5, 0.6) is 0 Å². The van der Waals surface area contributed by atoms with Gasteiger partial charge in [-0.1, -0.05) is 24.8 Å². The molecule has 0 fully saturated rings. The average molecular weight is 301 g/mol. The fourth-order valence-electron chi connectivity index (χ4n) is 1.97. The summed E-state index contributed by atoms with van der Waals surface area (Å²) in [4.78, 5) is 22.6. The second-order valence-corrected chi connectivity index (χ2v) is 6.24. The third-order valence-electron chi connectivity index (χ3n) is 3.17. The zero-order chi connectivity index (χ0) is 16.9. The van der Waals surface area contributed by atoms with E-state index in [-0.39, 0.29) is 0 Å². The van der Waals surface area contributed by atoms with Crippen LogP contribution in [0.3, 0.4) is 0 Å². The molecule has 0 aliphatic rings. The third-order valence-corrected chi connectivity index (χ3v) is 3.17. The van der Waals surface area contributed by atoms with E-state index < -0.39 is 11.6 Å². The Morgan fingerprint density at radius 1 is 1.36 bits per heavy atom. The van der Waals surface area contributed by atoms with Gasteiger partial charge in [-0.15, -0.1) is 4.91 Å². The number of nitroso groups, excluding NO2 is 1. The van der Waals surface area contributed by atoms with Gasteiger partial charge >= 0.3 is 5.97 Å². The molecule has 4 heteroatoms. The predicted molar refractivity (Wildman–Crippen MR) is 89.9 cm³/mol. The van der Waals surface area contributed by atoms with Gasteiger partial charge in [0, 0.05) is 5.57 Å². The number of esters is 1. The molecule has 0 aliphatic carbocycles. The summed E-state index contributed by atoms with van der Waals surface area (Å²) in [6, 6.07) is 5.39. The topological polar surface area (TPSA) is 55.7 Å². The van der Waals surface area contributed by atoms with Crippen molar-refractivity contribution in [2.75, 3.05) is 0 Å². The minimum atomic E-state index is -0.528. The molecule has 0 N–H and O–H groups in total. The second-order valence-electron chi connectivity index (χ2n) is 6.24. The van der Waals surface area contributed by atoms with Gasteiger partial charge in [0.15, 0.2) is 0 Å². The number of hydrogen-bond donors (Lipinski definition) is 0. The lowest BCUT2D eigenvalue weighted by molar-refractivity contribution is -0.149. The Hall–Kier alpha value is -2.23. The summed E-state index contributed by atoms with van der Waals surface area (Å²) in [6.45, 7) is 13.0. The molecule has 0 saturated carbocycles. The summed E-state index contributed by atoms with van der Waals surface area (Å²) in [6.07, 6.45) is 2.31. The van der Waals surface area contributed by atoms with E-state index in [0.717, 1.165) is 16.7 Å². The molecule has 0 spiro atoms. The summed E-state index contributed by atoms with van der Waals surface area (Å²) in [5, 5.41) is 3.01. The van der Waals surface area contributed by atoms with Crippen LogP contribution in [-0.2, 0) is 9.53 Å². The lowest BCUT2D eigenvalue weighted by atomic mass is 9.99. The molecule has 1 rings (SSSR count). The highest BCUT2D eigenvalue weighted by atomic mass is 16.6. The number of allylic oxidation sites excluding steroid dienone is 2. The predicted octanol–water partition coefficient (Wildman–Crippen LogP) is 5.08. The SMILES string of the molecule is C=C(C/C=C(\C)c1cccc(N=O)c1C)C(=O)OC(C)(C)C. The van der Waals surface area contributed by atoms with Gasteiger partial charge in [0.2, 0.25) is 0 Å². The van der Waals surface area contributed by atoms with Crippen LogP contribution < -0.4 is 0 Å². The molecule has 0 unspecified atom stereocenters. The maximum Gasteiger partial charge on any atom is 0.334 e. The van der Waals surface area contributed by atoms with Gasteiger partial charge in [-0.25, -0.2) is 4.79 Å². The molecule has 22 heavy (non-hydrogen) atoms. The monoisotopic (exact) mass is 301 g/mol. The highest BCUT2D eigenvalue weighted by Gasteiger charge is 2.18. The zero-order valence-corrected chi connectivity index (χ0v) is 13.9. The van der Waals surface area contributed by atoms with Gasteiger partial charge in [-0.2, -0.15) is 0 Å². The van der Waals surface area contributed by atoms with Gasteiger partial charge in [0.25, 0.3) is 0 Å². The molecule has 1 aromatic rings. The van der Waals surface area contributed by atoms with E-state index in [0.29, 0.717) is 17.7 Å². The summed E-state index contributed by atoms with van der Waals surface area (Å²) < 4.78 is 5.27. The van der Waals surface area contributed by atoms with Crippen LogP contribution in [0.2, 0.25) is 0 Å². The fourth-order valence-corrected chi connectivity index (χ4v) is 1.97. The van der Waals surface area contributed by atoms with Crippen molar-refractivity contribution in [3.8, 4) is 0 Å². The fraction of sp³-hybridized carbons (Fsp3) is 0.389. The molecule has 0 atom stereocenters. The van der Waals surface area contributed by atoms with Crippen molar-refractivity contribution in [2.45, 2.75) is 46.6 Å². The van der Waals surface area contributed by atoms with Crippen LogP contribution in [0, 0.1) is 11.8 Å². The van der Waals surface area contributed by atoms with E-state index in [1.165, 1.54) is 0 Å². The number of ether oxygens (including phenoxy) is 1. The first-order valence-electron chi connectivity index (χ1n) is 7.17. The van der Waals surface area contributed by atoms with E-state index >= 15 is 0 Å². The maximum atomic E-state index is 11.9. The Morgan fingerprint density at radius 2 is 2.00 bits per heavy atom. The summed E-state index contributed by atoms with van der Waals surface area (Å²) in [7, 11) is 0. The molecule has 0 aromatic heterocycles. The van der Waals surface area contributed by atoms with Crippen LogP contribution in [0.15, 0.2) is 41.6 Å². The van der Waals surface area contributed by atoms with Crippen molar-refractivity contribution >= 4 is 17.2 Å². The first kappa shape index (κ1) is 17.8. The van der Waals surface area contributed by atoms with E-state index in [4.69, 9.17) is 4.74 Å². The Kier molecular flexibility index (Phi) is 5.80. The van der Waals surface area contributed by atoms with Crippen LogP contribution in [0.25, 0.3) is 5.57 Å². The maximum absolute atomic E-state index is 11.9. The molecule has 0 aliphatic heterocycles. The van der Waals surface area contributed by atoms with E-state index in [1.54, 1.807) is 12.1 Å². The molecule has 118 valence electrons. The van der Waals surface area contributed by atoms with Crippen molar-refractivity contribution in [1.82, 2.24) is 0 Å². The molecule has 0 saturated heterocycles. The largest absolute Gasteiger partial charge is 0.457 e. The number of carbonyl (C=O) groups excluding carboxylic acids is 1. The van der Waals surface area contributed by atoms with E-state index in [2.05, 4.69) is 11.8 Å². The van der Waals surface area contributed by atoms with E-state index in [9.17, 15) is 9.70 Å². The number of benzene rings is 1. The quantitative estimate of drug-likeness (QED) is 0.432. The molecule has 0 bridgehead atoms. The number of carbonyl (C=O) groups is 1. The highest BCUT2D eigenvalue weighted by Crippen LogP contribution is 2.27. The van der Waals surface area contributed by atoms with Crippen molar-refractivity contribution in [2.24, 2.45) is 5.18 Å². The van der Waals surface area contributed by atoms with Crippen molar-refractivity contribution in [3.63, 3.8) is 0 Å². The average Bonchev–Trinajstić information content (AvgIpc) is 2.42. The summed E-state index contributed by atoms with van der Waals surface area (Å²) >= 11 is 0. The van der Waals surface area contributed by atoms with Crippen molar-refractivity contribution in [3.05, 3.63) is 52.5 Å². The molecule has 1 aromatic carbocycles. The molecule has 0 amide bonds. The van der Waals surface area contributed by atoms with Gasteiger partial charge in [0.05, 0.1) is 0 Å². The molecule has 0 radical (unpaired) electrons. The molecule has 0 heterocycles. The van der Waals surface area contributed by atoms with Crippen LogP contribution >= 0.6 is 0 Å². The number of nitrogens with zero attached hydrogens (tertiary/aromatic N) is 1. The molecule has 4 nitrogen and oxygen atoms in total. The van der Waals surface area contributed by atoms with Gasteiger partial charge in [0.1, 0.15) is 11.3 Å². The smallest absolute Gasteiger partial charge is 0.334 e. The Morgan fingerprint density at radius 3 is 2.55 bits per heavy atom. The molecular formula is C18H23NO3. The lowest BCUT2D eigenvalue weighted by Crippen LogP contribution is -2.24. The summed E-state index contributed by atoms with van der Waals surface area (Å²) in [5.41, 5.74) is 3.03. The van der Waals surface area contributed by atoms with Gasteiger partial charge < -0.3 is 4.74 Å². The highest BCUT2D eigenvalue weighted by molar-refractivity contribution is 5.88. The number of hydrogen-bond acceptors (Lipinski definition) is 4. The Labute approximate surface area is 131 Å². The molecular weight excluding hydrogens is 278 g/mol. The standard InChI is InChI=1S/C18H23NO3/c1-12(15-8-7-9-16(19-21)14(15)3)10-11-13(2)17(20)22-18(4,5)6/h7-10H,2,11H2,1,3-6H3/b12-10+. The van der Waals surface area contributed by atoms with Crippen molar-refractivity contribution in [1.29, 1.82) is 0 Å². The third kappa shape index (κ3) is 4.95. The van der Waals surface area contributed by atoms with Crippen LogP contribution in [-0.4, -0.2) is 11.6 Å². The van der Waals surface area contributed by atoms with Gasteiger partial charge in [-0.05, 0) is 69.0 Å². The van der Waals surface area contributed by atoms with Gasteiger partial charge in [-0.3, -0.25) is 0 Å². The summed E-state index contributed by atoms with van der Waals surface area (Å²) in [5.74, 6) is -0.392. The van der Waals surface area contributed by atoms with Crippen LogP contribution in [0.4, 0.5) is 5.69 Å². The minimum Gasteiger partial charge on any atom is -0.457 e. The zero-order valence-electron chi connectivity index (χ0n) is 13.9. The normalized spacial score (nSPS) is 12.0. The Bertz CT molecular complexity index is 622. The first-order valence-corrected chi connectivity index (χ1v) is 7.17. The first-order chi connectivity index (χ1) is 10.2. The van der Waals surface area contributed by atoms with Crippen molar-refractivity contribution < 1.29 is 9.53 Å². The Balaban J connectivity index is 2.85.